The maximum absolute atomic E-state index is 5.72. The molecule has 3 rings (SSSR count). The van der Waals surface area contributed by atoms with Gasteiger partial charge < -0.3 is 9.47 Å². The number of hydrogen-bond acceptors (Lipinski definition) is 5. The van der Waals surface area contributed by atoms with Crippen molar-refractivity contribution in [1.82, 2.24) is 5.01 Å². The smallest absolute Gasteiger partial charge is 0.166 e. The minimum Gasteiger partial charge on any atom is -0.486 e. The van der Waals surface area contributed by atoms with Gasteiger partial charge in [0.15, 0.2) is 11.5 Å². The molecule has 0 amide bonds. The van der Waals surface area contributed by atoms with Gasteiger partial charge in [0.2, 0.25) is 0 Å². The van der Waals surface area contributed by atoms with Crippen LogP contribution in [0.4, 0.5) is 5.69 Å². The van der Waals surface area contributed by atoms with Gasteiger partial charge in [0, 0.05) is 5.56 Å². The van der Waals surface area contributed by atoms with Crippen LogP contribution >= 0.6 is 0 Å². The van der Waals surface area contributed by atoms with Crippen LogP contribution in [-0.4, -0.2) is 37.7 Å². The maximum Gasteiger partial charge on any atom is 0.166 e. The number of benzene rings is 1. The number of fused-ring (bicyclic) bond motifs is 1. The number of hydrazine groups is 1. The standard InChI is InChI=1S/C13H17N3O2/c1-9-7-11(15-16-4-3-14-8-16)10(2)13-12(9)17-5-6-18-13/h7-8,15H,3-6H2,1-2H3. The Morgan fingerprint density at radius 1 is 1.22 bits per heavy atom. The predicted molar refractivity (Wildman–Crippen MR) is 70.6 cm³/mol. The first-order valence-electron chi connectivity index (χ1n) is 6.19. The molecule has 0 spiro atoms. The summed E-state index contributed by atoms with van der Waals surface area (Å²) in [4.78, 5) is 4.18. The lowest BCUT2D eigenvalue weighted by Gasteiger charge is -2.25. The molecule has 0 aliphatic carbocycles. The number of nitrogens with zero attached hydrogens (tertiary/aromatic N) is 2. The third-order valence-electron chi connectivity index (χ3n) is 3.20. The monoisotopic (exact) mass is 247 g/mol. The first kappa shape index (κ1) is 11.2. The lowest BCUT2D eigenvalue weighted by molar-refractivity contribution is 0.169. The van der Waals surface area contributed by atoms with E-state index >= 15 is 0 Å². The molecular formula is C13H17N3O2. The maximum atomic E-state index is 5.72. The second-order valence-corrected chi connectivity index (χ2v) is 4.55. The molecule has 0 aromatic heterocycles. The van der Waals surface area contributed by atoms with Crippen molar-refractivity contribution in [3.8, 4) is 11.5 Å². The molecule has 2 aliphatic heterocycles. The summed E-state index contributed by atoms with van der Waals surface area (Å²) >= 11 is 0. The molecule has 18 heavy (non-hydrogen) atoms. The molecule has 1 aromatic carbocycles. The topological polar surface area (TPSA) is 46.1 Å². The average Bonchev–Trinajstić information content (AvgIpc) is 2.89. The van der Waals surface area contributed by atoms with Crippen LogP contribution in [-0.2, 0) is 0 Å². The largest absolute Gasteiger partial charge is 0.486 e. The fourth-order valence-corrected chi connectivity index (χ4v) is 2.24. The van der Waals surface area contributed by atoms with Gasteiger partial charge in [-0.1, -0.05) is 0 Å². The molecule has 1 aromatic rings. The lowest BCUT2D eigenvalue weighted by atomic mass is 10.1. The Hall–Kier alpha value is -1.91. The first-order chi connectivity index (χ1) is 8.75. The van der Waals surface area contributed by atoms with Crippen molar-refractivity contribution in [1.29, 1.82) is 0 Å². The van der Waals surface area contributed by atoms with Crippen molar-refractivity contribution < 1.29 is 9.47 Å². The van der Waals surface area contributed by atoms with E-state index in [0.717, 1.165) is 41.4 Å². The number of rotatable bonds is 2. The van der Waals surface area contributed by atoms with Gasteiger partial charge in [-0.2, -0.15) is 0 Å². The van der Waals surface area contributed by atoms with E-state index in [4.69, 9.17) is 9.47 Å². The Morgan fingerprint density at radius 3 is 2.72 bits per heavy atom. The van der Waals surface area contributed by atoms with Gasteiger partial charge in [0.1, 0.15) is 19.6 Å². The van der Waals surface area contributed by atoms with Crippen LogP contribution in [0.1, 0.15) is 11.1 Å². The van der Waals surface area contributed by atoms with Gasteiger partial charge in [0.25, 0.3) is 0 Å². The van der Waals surface area contributed by atoms with Crippen molar-refractivity contribution in [2.75, 3.05) is 31.7 Å². The zero-order chi connectivity index (χ0) is 12.5. The van der Waals surface area contributed by atoms with E-state index in [0.29, 0.717) is 13.2 Å². The van der Waals surface area contributed by atoms with Crippen LogP contribution in [0, 0.1) is 13.8 Å². The molecule has 0 saturated carbocycles. The summed E-state index contributed by atoms with van der Waals surface area (Å²) in [5.74, 6) is 1.74. The van der Waals surface area contributed by atoms with Crippen molar-refractivity contribution in [2.24, 2.45) is 4.99 Å². The number of hydrogen-bond donors (Lipinski definition) is 1. The highest BCUT2D eigenvalue weighted by Gasteiger charge is 2.20. The van der Waals surface area contributed by atoms with Crippen molar-refractivity contribution >= 4 is 12.0 Å². The molecule has 96 valence electrons. The van der Waals surface area contributed by atoms with Gasteiger partial charge in [-0.15, -0.1) is 0 Å². The van der Waals surface area contributed by atoms with Gasteiger partial charge in [-0.05, 0) is 25.5 Å². The average molecular weight is 247 g/mol. The predicted octanol–water partition coefficient (Wildman–Crippen LogP) is 1.75. The quantitative estimate of drug-likeness (QED) is 0.864. The van der Waals surface area contributed by atoms with E-state index in [-0.39, 0.29) is 0 Å². The first-order valence-corrected chi connectivity index (χ1v) is 6.19. The molecular weight excluding hydrogens is 230 g/mol. The zero-order valence-corrected chi connectivity index (χ0v) is 10.7. The summed E-state index contributed by atoms with van der Waals surface area (Å²) in [6, 6.07) is 2.09. The van der Waals surface area contributed by atoms with E-state index in [9.17, 15) is 0 Å². The Labute approximate surface area is 106 Å². The van der Waals surface area contributed by atoms with E-state index in [1.54, 1.807) is 0 Å². The minimum absolute atomic E-state index is 0.613. The molecule has 0 radical (unpaired) electrons. The van der Waals surface area contributed by atoms with Gasteiger partial charge >= 0.3 is 0 Å². The van der Waals surface area contributed by atoms with E-state index in [1.807, 2.05) is 25.2 Å². The number of nitrogens with one attached hydrogen (secondary N) is 1. The summed E-state index contributed by atoms with van der Waals surface area (Å²) in [5.41, 5.74) is 6.57. The summed E-state index contributed by atoms with van der Waals surface area (Å²) < 4.78 is 11.4. The van der Waals surface area contributed by atoms with E-state index in [2.05, 4.69) is 16.5 Å². The Kier molecular flexibility index (Phi) is 2.74. The molecule has 0 saturated heterocycles. The third-order valence-corrected chi connectivity index (χ3v) is 3.20. The van der Waals surface area contributed by atoms with Gasteiger partial charge in [-0.25, -0.2) is 0 Å². The molecule has 5 nitrogen and oxygen atoms in total. The SMILES string of the molecule is Cc1cc(NN2C=NCC2)c(C)c2c1OCCO2. The van der Waals surface area contributed by atoms with Gasteiger partial charge in [-0.3, -0.25) is 15.4 Å². The molecule has 2 aliphatic rings. The second kappa shape index (κ2) is 4.40. The second-order valence-electron chi connectivity index (χ2n) is 4.55. The van der Waals surface area contributed by atoms with Crippen molar-refractivity contribution in [2.45, 2.75) is 13.8 Å². The molecule has 0 bridgehead atoms. The van der Waals surface area contributed by atoms with Crippen LogP contribution in [0.15, 0.2) is 11.1 Å². The third kappa shape index (κ3) is 1.85. The van der Waals surface area contributed by atoms with Crippen LogP contribution in [0.5, 0.6) is 11.5 Å². The Bertz CT molecular complexity index is 499. The molecule has 1 N–H and O–H groups in total. The van der Waals surface area contributed by atoms with Gasteiger partial charge in [0.05, 0.1) is 18.8 Å². The number of ether oxygens (including phenoxy) is 2. The molecule has 0 unspecified atom stereocenters. The van der Waals surface area contributed by atoms with E-state index in [1.165, 1.54) is 0 Å². The molecule has 5 heteroatoms. The van der Waals surface area contributed by atoms with Crippen molar-refractivity contribution in [3.63, 3.8) is 0 Å². The fourth-order valence-electron chi connectivity index (χ4n) is 2.24. The molecule has 2 heterocycles. The number of anilines is 1. The number of aliphatic imine (C=N–C) groups is 1. The van der Waals surface area contributed by atoms with Crippen LogP contribution in [0.3, 0.4) is 0 Å². The summed E-state index contributed by atoms with van der Waals surface area (Å²) in [7, 11) is 0. The minimum atomic E-state index is 0.613. The van der Waals surface area contributed by atoms with E-state index < -0.39 is 0 Å². The summed E-state index contributed by atoms with van der Waals surface area (Å²) in [6.45, 7) is 7.06. The van der Waals surface area contributed by atoms with Crippen LogP contribution in [0.25, 0.3) is 0 Å². The lowest BCUT2D eigenvalue weighted by Crippen LogP contribution is -2.27. The highest BCUT2D eigenvalue weighted by Crippen LogP contribution is 2.40. The number of aryl methyl sites for hydroxylation is 1. The van der Waals surface area contributed by atoms with Crippen LogP contribution in [0.2, 0.25) is 0 Å². The zero-order valence-electron chi connectivity index (χ0n) is 10.7. The summed E-state index contributed by atoms with van der Waals surface area (Å²) in [5, 5.41) is 1.98. The highest BCUT2D eigenvalue weighted by molar-refractivity contribution is 5.68. The Morgan fingerprint density at radius 2 is 2.00 bits per heavy atom. The Balaban J connectivity index is 1.94. The normalized spacial score (nSPS) is 17.1. The van der Waals surface area contributed by atoms with Crippen LogP contribution < -0.4 is 14.9 Å². The van der Waals surface area contributed by atoms with Crippen molar-refractivity contribution in [3.05, 3.63) is 17.2 Å². The molecule has 0 atom stereocenters. The fraction of sp³-hybridized carbons (Fsp3) is 0.462. The molecule has 0 fully saturated rings. The summed E-state index contributed by atoms with van der Waals surface area (Å²) in [6.07, 6.45) is 1.82. The highest BCUT2D eigenvalue weighted by atomic mass is 16.6.